The highest BCUT2D eigenvalue weighted by molar-refractivity contribution is 6.42. The Morgan fingerprint density at radius 1 is 1.47 bits per heavy atom. The predicted molar refractivity (Wildman–Crippen MR) is 76.4 cm³/mol. The van der Waals surface area contributed by atoms with Crippen LogP contribution in [-0.2, 0) is 10.3 Å². The lowest BCUT2D eigenvalue weighted by Crippen LogP contribution is -2.22. The highest BCUT2D eigenvalue weighted by Gasteiger charge is 2.38. The first-order valence-corrected chi connectivity index (χ1v) is 6.37. The van der Waals surface area contributed by atoms with Crippen molar-refractivity contribution in [1.29, 1.82) is 0 Å². The van der Waals surface area contributed by atoms with Crippen LogP contribution in [0.1, 0.15) is 24.8 Å². The topological polar surface area (TPSA) is 41.7 Å². The maximum Gasteiger partial charge on any atom is 0.303 e. The van der Waals surface area contributed by atoms with Crippen molar-refractivity contribution in [2.75, 3.05) is 0 Å². The van der Waals surface area contributed by atoms with Gasteiger partial charge in [0.15, 0.2) is 0 Å². The second kappa shape index (κ2) is 6.60. The van der Waals surface area contributed by atoms with Crippen molar-refractivity contribution in [1.82, 2.24) is 0 Å². The fourth-order valence-corrected chi connectivity index (χ4v) is 2.17. The molecule has 0 aliphatic rings. The normalized spacial score (nSPS) is 13.3. The third kappa shape index (κ3) is 3.73. The SMILES string of the molecule is [C-]#[N+]C(CC=C)(CCC(=O)O)c1ccc(Cl)c(Cl)c1. The lowest BCUT2D eigenvalue weighted by Gasteiger charge is -2.21. The quantitative estimate of drug-likeness (QED) is 0.618. The summed E-state index contributed by atoms with van der Waals surface area (Å²) in [5, 5.41) is 9.57. The molecule has 1 atom stereocenters. The molecule has 0 bridgehead atoms. The summed E-state index contributed by atoms with van der Waals surface area (Å²) in [7, 11) is 0. The zero-order valence-corrected chi connectivity index (χ0v) is 11.7. The second-order valence-electron chi connectivity index (χ2n) is 4.16. The van der Waals surface area contributed by atoms with Gasteiger partial charge in [-0.3, -0.25) is 4.79 Å². The van der Waals surface area contributed by atoms with E-state index in [4.69, 9.17) is 34.9 Å². The molecule has 0 saturated carbocycles. The summed E-state index contributed by atoms with van der Waals surface area (Å²) in [6.07, 6.45) is 2.09. The van der Waals surface area contributed by atoms with Gasteiger partial charge >= 0.3 is 5.97 Å². The summed E-state index contributed by atoms with van der Waals surface area (Å²) < 4.78 is 0. The zero-order valence-electron chi connectivity index (χ0n) is 10.2. The highest BCUT2D eigenvalue weighted by atomic mass is 35.5. The van der Waals surface area contributed by atoms with Crippen molar-refractivity contribution >= 4 is 29.2 Å². The van der Waals surface area contributed by atoms with Crippen LogP contribution in [0.3, 0.4) is 0 Å². The Bertz CT molecular complexity index is 537. The Labute approximate surface area is 122 Å². The van der Waals surface area contributed by atoms with E-state index >= 15 is 0 Å². The number of carboxylic acid groups (broad SMARTS) is 1. The second-order valence-corrected chi connectivity index (χ2v) is 4.97. The summed E-state index contributed by atoms with van der Waals surface area (Å²) >= 11 is 11.8. The van der Waals surface area contributed by atoms with Crippen LogP contribution in [0.4, 0.5) is 0 Å². The van der Waals surface area contributed by atoms with E-state index in [1.807, 2.05) is 0 Å². The molecule has 5 heteroatoms. The van der Waals surface area contributed by atoms with Crippen LogP contribution in [0.25, 0.3) is 4.85 Å². The Morgan fingerprint density at radius 3 is 2.63 bits per heavy atom. The van der Waals surface area contributed by atoms with E-state index < -0.39 is 11.5 Å². The molecule has 0 aromatic heterocycles. The van der Waals surface area contributed by atoms with E-state index in [2.05, 4.69) is 11.4 Å². The molecule has 1 unspecified atom stereocenters. The number of carbonyl (C=O) groups is 1. The molecule has 0 radical (unpaired) electrons. The minimum atomic E-state index is -0.950. The molecule has 0 spiro atoms. The highest BCUT2D eigenvalue weighted by Crippen LogP contribution is 2.38. The molecule has 0 aliphatic carbocycles. The first kappa shape index (κ1) is 15.6. The van der Waals surface area contributed by atoms with Crippen LogP contribution in [0.5, 0.6) is 0 Å². The van der Waals surface area contributed by atoms with Crippen LogP contribution >= 0.6 is 23.2 Å². The minimum Gasteiger partial charge on any atom is -0.481 e. The van der Waals surface area contributed by atoms with Gasteiger partial charge in [0, 0.05) is 18.4 Å². The van der Waals surface area contributed by atoms with Crippen LogP contribution in [-0.4, -0.2) is 11.1 Å². The first-order valence-electron chi connectivity index (χ1n) is 5.62. The number of hydrogen-bond acceptors (Lipinski definition) is 1. The average molecular weight is 298 g/mol. The number of aliphatic carboxylic acids is 1. The first-order chi connectivity index (χ1) is 8.95. The number of rotatable bonds is 6. The molecule has 1 aromatic rings. The minimum absolute atomic E-state index is 0.0868. The third-order valence-electron chi connectivity index (χ3n) is 2.91. The van der Waals surface area contributed by atoms with Crippen molar-refractivity contribution in [3.63, 3.8) is 0 Å². The van der Waals surface area contributed by atoms with Crippen molar-refractivity contribution in [3.05, 3.63) is 57.9 Å². The van der Waals surface area contributed by atoms with Crippen LogP contribution in [0, 0.1) is 6.57 Å². The van der Waals surface area contributed by atoms with Crippen molar-refractivity contribution in [3.8, 4) is 0 Å². The largest absolute Gasteiger partial charge is 0.481 e. The number of halogens is 2. The maximum atomic E-state index is 10.7. The van der Waals surface area contributed by atoms with E-state index in [1.165, 1.54) is 0 Å². The standard InChI is InChI=1S/C14H13Cl2NO2/c1-3-7-14(17-2,8-6-13(18)19)10-4-5-11(15)12(16)9-10/h3-5,9H,1,6-8H2,(H,18,19). The summed E-state index contributed by atoms with van der Waals surface area (Å²) in [5.74, 6) is -0.933. The van der Waals surface area contributed by atoms with Gasteiger partial charge in [-0.1, -0.05) is 29.3 Å². The maximum absolute atomic E-state index is 10.7. The average Bonchev–Trinajstić information content (AvgIpc) is 2.38. The molecule has 1 N–H and O–H groups in total. The van der Waals surface area contributed by atoms with E-state index in [0.717, 1.165) is 0 Å². The van der Waals surface area contributed by atoms with Crippen LogP contribution in [0.15, 0.2) is 30.9 Å². The Balaban J connectivity index is 3.21. The monoisotopic (exact) mass is 297 g/mol. The number of carboxylic acids is 1. The molecule has 0 fully saturated rings. The summed E-state index contributed by atoms with van der Waals surface area (Å²) in [5.41, 5.74) is -0.285. The summed E-state index contributed by atoms with van der Waals surface area (Å²) in [6, 6.07) is 4.94. The molecule has 100 valence electrons. The van der Waals surface area contributed by atoms with Crippen LogP contribution < -0.4 is 0 Å². The molecule has 3 nitrogen and oxygen atoms in total. The molecule has 19 heavy (non-hydrogen) atoms. The molecule has 0 heterocycles. The van der Waals surface area contributed by atoms with Gasteiger partial charge in [-0.25, -0.2) is 6.57 Å². The summed E-state index contributed by atoms with van der Waals surface area (Å²) in [4.78, 5) is 14.4. The number of hydrogen-bond donors (Lipinski definition) is 1. The lowest BCUT2D eigenvalue weighted by atomic mass is 9.83. The van der Waals surface area contributed by atoms with Gasteiger partial charge in [0.2, 0.25) is 0 Å². The van der Waals surface area contributed by atoms with Gasteiger partial charge < -0.3 is 9.95 Å². The van der Waals surface area contributed by atoms with Crippen LogP contribution in [0.2, 0.25) is 10.0 Å². The molecular formula is C14H13Cl2NO2. The molecular weight excluding hydrogens is 285 g/mol. The van der Waals surface area contributed by atoms with Crippen molar-refractivity contribution in [2.24, 2.45) is 0 Å². The van der Waals surface area contributed by atoms with Gasteiger partial charge in [-0.2, -0.15) is 0 Å². The fraction of sp³-hybridized carbons (Fsp3) is 0.286. The smallest absolute Gasteiger partial charge is 0.303 e. The fourth-order valence-electron chi connectivity index (χ4n) is 1.87. The van der Waals surface area contributed by atoms with Gasteiger partial charge in [-0.05, 0) is 18.2 Å². The molecule has 0 aliphatic heterocycles. The molecule has 0 amide bonds. The zero-order chi connectivity index (χ0) is 14.5. The van der Waals surface area contributed by atoms with Gasteiger partial charge in [0.1, 0.15) is 0 Å². The third-order valence-corrected chi connectivity index (χ3v) is 3.64. The Hall–Kier alpha value is -1.50. The Kier molecular flexibility index (Phi) is 5.41. The van der Waals surface area contributed by atoms with E-state index in [0.29, 0.717) is 22.0 Å². The molecule has 1 aromatic carbocycles. The van der Waals surface area contributed by atoms with E-state index in [9.17, 15) is 4.79 Å². The molecule has 0 saturated heterocycles. The van der Waals surface area contributed by atoms with Gasteiger partial charge in [-0.15, -0.1) is 6.58 Å². The van der Waals surface area contributed by atoms with E-state index in [1.54, 1.807) is 24.3 Å². The van der Waals surface area contributed by atoms with Gasteiger partial charge in [0.05, 0.1) is 16.5 Å². The van der Waals surface area contributed by atoms with Crippen molar-refractivity contribution in [2.45, 2.75) is 24.8 Å². The Morgan fingerprint density at radius 2 is 2.16 bits per heavy atom. The lowest BCUT2D eigenvalue weighted by molar-refractivity contribution is -0.137. The summed E-state index contributed by atoms with van der Waals surface area (Å²) in [6.45, 7) is 11.1. The number of nitrogens with zero attached hydrogens (tertiary/aromatic N) is 1. The van der Waals surface area contributed by atoms with Crippen molar-refractivity contribution < 1.29 is 9.90 Å². The van der Waals surface area contributed by atoms with E-state index in [-0.39, 0.29) is 12.8 Å². The van der Waals surface area contributed by atoms with Gasteiger partial charge in [0.25, 0.3) is 5.54 Å². The number of benzene rings is 1. The predicted octanol–water partition coefficient (Wildman–Crippen LogP) is 4.55. The molecule has 1 rings (SSSR count).